The second-order valence-electron chi connectivity index (χ2n) is 27.0. The van der Waals surface area contributed by atoms with Crippen LogP contribution < -0.4 is 20.1 Å². The lowest BCUT2D eigenvalue weighted by Crippen LogP contribution is -2.45. The van der Waals surface area contributed by atoms with E-state index in [0.717, 1.165) is 12.2 Å². The number of anilines is 2. The zero-order chi connectivity index (χ0) is 76.5. The Bertz CT molecular complexity index is 3900. The number of carbonyl (C=O) groups is 4. The number of nitrogens with zero attached hydrogens (tertiary/aromatic N) is 7. The molecular weight excluding hydrogens is 1370 g/mol. The van der Waals surface area contributed by atoms with Crippen molar-refractivity contribution in [2.75, 3.05) is 16.4 Å². The molecule has 1 N–H and O–H groups in total. The van der Waals surface area contributed by atoms with Crippen LogP contribution in [0, 0.1) is 5.41 Å². The van der Waals surface area contributed by atoms with E-state index in [2.05, 4.69) is 45.1 Å². The van der Waals surface area contributed by atoms with Gasteiger partial charge < -0.3 is 47.0 Å². The first-order chi connectivity index (χ1) is 46.2. The lowest BCUT2D eigenvalue weighted by Gasteiger charge is -2.31. The van der Waals surface area contributed by atoms with E-state index in [4.69, 9.17) is 42.0 Å². The van der Waals surface area contributed by atoms with Crippen molar-refractivity contribution in [3.05, 3.63) is 155 Å². The maximum absolute atomic E-state index is 15.0. The topological polar surface area (TPSA) is 263 Å². The largest absolute Gasteiger partial charge is 0.477 e. The molecule has 0 aliphatic heterocycles. The van der Waals surface area contributed by atoms with Crippen LogP contribution in [0.1, 0.15) is 150 Å². The average molecular weight is 1450 g/mol. The molecule has 101 heavy (non-hydrogen) atoms. The van der Waals surface area contributed by atoms with Crippen molar-refractivity contribution in [1.82, 2.24) is 30.4 Å². The molecule has 0 aliphatic rings. The molecule has 4 aromatic heterocycles. The first-order valence-electron chi connectivity index (χ1n) is 30.3. The number of benzene rings is 2. The van der Waals surface area contributed by atoms with Gasteiger partial charge in [0.05, 0.1) is 31.2 Å². The summed E-state index contributed by atoms with van der Waals surface area (Å²) in [5.74, 6) is -5.42. The summed E-state index contributed by atoms with van der Waals surface area (Å²) in [7, 11) is 0. The fourth-order valence-corrected chi connectivity index (χ4v) is 8.67. The minimum atomic E-state index is -5.32. The van der Waals surface area contributed by atoms with E-state index >= 15 is 13.2 Å². The molecule has 0 saturated heterocycles. The first kappa shape index (κ1) is 82.1. The Morgan fingerprint density at radius 3 is 1.21 bits per heavy atom. The highest BCUT2D eigenvalue weighted by Gasteiger charge is 2.62. The molecule has 34 heteroatoms. The number of aromatic nitrogens is 6. The van der Waals surface area contributed by atoms with Gasteiger partial charge in [0.25, 0.3) is 29.1 Å². The number of hydrogen-bond acceptors (Lipinski definition) is 19. The van der Waals surface area contributed by atoms with Crippen molar-refractivity contribution >= 4 is 35.7 Å². The van der Waals surface area contributed by atoms with Crippen molar-refractivity contribution < 1.29 is 114 Å². The number of imide groups is 2. The summed E-state index contributed by atoms with van der Waals surface area (Å²) in [6.45, 7) is 29.1. The van der Waals surface area contributed by atoms with Crippen molar-refractivity contribution in [2.45, 2.75) is 188 Å². The SMILES string of the molecule is C=CCC(C)(C)COc1nc(-c2nnc([C@@](CC=C)(OCc3ccccc3)C(F)(F)F)o2)c(N(C(=O)OC(C)(C)C)C(=O)OC(C)(C)C)cc1C(F)(F)F.C=CC[C@@](OCc1ccccc1)(c1nnc(-c2[nH]c(=O)c(C(F)(F)F)cc2N(C(=O)OC(C)(C)C)C(=O)OC(C)(C)C)o1)C(F)(F)F. The molecule has 6 rings (SSSR count). The molecule has 0 saturated carbocycles. The molecule has 22 nitrogen and oxygen atoms in total. The average Bonchev–Trinajstić information content (AvgIpc) is 1.73. The van der Waals surface area contributed by atoms with E-state index in [9.17, 15) is 63.5 Å². The van der Waals surface area contributed by atoms with E-state index in [0.29, 0.717) is 23.6 Å². The second kappa shape index (κ2) is 31.1. The van der Waals surface area contributed by atoms with Crippen molar-refractivity contribution in [3.8, 4) is 29.0 Å². The molecule has 0 fully saturated rings. The van der Waals surface area contributed by atoms with E-state index in [1.54, 1.807) is 55.2 Å². The molecular formula is C67H76F12N8O14. The van der Waals surface area contributed by atoms with Gasteiger partial charge in [-0.3, -0.25) is 4.79 Å². The number of halogens is 12. The minimum Gasteiger partial charge on any atom is -0.477 e. The van der Waals surface area contributed by atoms with Gasteiger partial charge in [0.1, 0.15) is 39.2 Å². The Morgan fingerprint density at radius 2 is 0.851 bits per heavy atom. The Morgan fingerprint density at radius 1 is 0.495 bits per heavy atom. The molecule has 0 unspecified atom stereocenters. The number of amides is 4. The van der Waals surface area contributed by atoms with E-state index in [1.807, 2.05) is 0 Å². The van der Waals surface area contributed by atoms with Crippen LogP contribution in [0.15, 0.2) is 124 Å². The zero-order valence-electron chi connectivity index (χ0n) is 57.4. The maximum atomic E-state index is 15.0. The standard InChI is InChI=1S/C37H44F6N4O7.C30H32F6N4O7/c1-11-18-34(9,10)22-50-27-24(36(38,39)40)20-25(47(30(48)53-32(3,4)5)31(49)54-33(6,7)8)26(44-27)28-45-46-29(52-28)35(19-12-2,37(41,42)43)51-21-23-16-14-13-15-17-23;1-8-14-28(30(34,35)36,44-16-17-12-10-9-11-13-17)23-39-38-22(45-23)20-19(15-18(21(41)37-20)29(31,32)33)40(24(42)46-26(2,3)4)25(43)47-27(5,6)7/h11-17,20H,1-2,18-19,21-22H2,3-10H3;8-13,15H,1,14,16H2,2-7H3,(H,37,41)/t35-;28-/m11/s1. The molecule has 0 spiro atoms. The van der Waals surface area contributed by atoms with Gasteiger partial charge in [0.2, 0.25) is 17.1 Å². The summed E-state index contributed by atoms with van der Waals surface area (Å²) in [4.78, 5) is 72.4. The van der Waals surface area contributed by atoms with E-state index in [1.165, 1.54) is 113 Å². The zero-order valence-corrected chi connectivity index (χ0v) is 57.4. The fourth-order valence-electron chi connectivity index (χ4n) is 8.67. The fraction of sp³-hybridized carbons (Fsp3) is 0.463. The summed E-state index contributed by atoms with van der Waals surface area (Å²) < 4.78 is 224. The number of alkyl halides is 12. The highest BCUT2D eigenvalue weighted by molar-refractivity contribution is 6.12. The van der Waals surface area contributed by atoms with Crippen LogP contribution in [0.4, 0.5) is 83.2 Å². The van der Waals surface area contributed by atoms with Gasteiger partial charge in [-0.25, -0.2) is 24.2 Å². The van der Waals surface area contributed by atoms with Crippen LogP contribution in [-0.2, 0) is 65.2 Å². The Labute approximate surface area is 572 Å². The first-order valence-corrected chi connectivity index (χ1v) is 30.3. The number of pyridine rings is 2. The molecule has 4 heterocycles. The maximum Gasteiger partial charge on any atom is 0.426 e. The Hall–Kier alpha value is -9.60. The van der Waals surface area contributed by atoms with Crippen LogP contribution in [-0.4, -0.2) is 96.1 Å². The number of H-pyrrole nitrogens is 1. The minimum absolute atomic E-state index is 0.0214. The quantitative estimate of drug-likeness (QED) is 0.0399. The molecule has 0 radical (unpaired) electrons. The monoisotopic (exact) mass is 1440 g/mol. The summed E-state index contributed by atoms with van der Waals surface area (Å²) in [5.41, 5.74) is -21.0. The molecule has 0 bridgehead atoms. The van der Waals surface area contributed by atoms with Crippen LogP contribution in [0.5, 0.6) is 5.88 Å². The molecule has 4 amide bonds. The van der Waals surface area contributed by atoms with E-state index in [-0.39, 0.29) is 22.5 Å². The number of allylic oxidation sites excluding steroid dienone is 1. The van der Waals surface area contributed by atoms with Gasteiger partial charge in [-0.05, 0) is 113 Å². The van der Waals surface area contributed by atoms with Gasteiger partial charge in [-0.15, -0.1) is 40.1 Å². The summed E-state index contributed by atoms with van der Waals surface area (Å²) in [6.07, 6.45) is -25.4. The molecule has 0 aliphatic carbocycles. The molecule has 6 aromatic rings. The highest BCUT2D eigenvalue weighted by atomic mass is 19.4. The van der Waals surface area contributed by atoms with Crippen LogP contribution >= 0.6 is 0 Å². The van der Waals surface area contributed by atoms with Gasteiger partial charge in [-0.2, -0.15) is 62.5 Å². The van der Waals surface area contributed by atoms with Crippen molar-refractivity contribution in [3.63, 3.8) is 0 Å². The number of ether oxygens (including phenoxy) is 7. The van der Waals surface area contributed by atoms with Gasteiger partial charge >= 0.3 is 49.1 Å². The third-order valence-corrected chi connectivity index (χ3v) is 13.1. The van der Waals surface area contributed by atoms with Gasteiger partial charge in [-0.1, -0.05) is 92.7 Å². The lowest BCUT2D eigenvalue weighted by molar-refractivity contribution is -0.296. The van der Waals surface area contributed by atoms with Crippen LogP contribution in [0.2, 0.25) is 0 Å². The van der Waals surface area contributed by atoms with Gasteiger partial charge in [0.15, 0.2) is 5.69 Å². The smallest absolute Gasteiger partial charge is 0.426 e. The normalized spacial score (nSPS) is 13.8. The molecule has 2 atom stereocenters. The number of carbonyl (C=O) groups excluding carboxylic acids is 4. The summed E-state index contributed by atoms with van der Waals surface area (Å²) in [6, 6.07) is 16.1. The third-order valence-electron chi connectivity index (χ3n) is 13.1. The number of rotatable bonds is 21. The molecule has 2 aromatic carbocycles. The summed E-state index contributed by atoms with van der Waals surface area (Å²) in [5, 5.41) is 14.3. The number of aromatic amines is 1. The van der Waals surface area contributed by atoms with E-state index < -0.39 is 183 Å². The predicted molar refractivity (Wildman–Crippen MR) is 339 cm³/mol. The Balaban J connectivity index is 0.000000367. The Kier molecular flexibility index (Phi) is 25.3. The second-order valence-corrected chi connectivity index (χ2v) is 27.0. The van der Waals surface area contributed by atoms with Gasteiger partial charge in [0, 0.05) is 18.3 Å². The van der Waals surface area contributed by atoms with Crippen molar-refractivity contribution in [2.24, 2.45) is 5.41 Å². The molecule has 552 valence electrons. The summed E-state index contributed by atoms with van der Waals surface area (Å²) >= 11 is 0. The highest BCUT2D eigenvalue weighted by Crippen LogP contribution is 2.50. The van der Waals surface area contributed by atoms with Crippen LogP contribution in [0.3, 0.4) is 0 Å². The lowest BCUT2D eigenvalue weighted by atomic mass is 9.91. The number of nitrogens with one attached hydrogen (secondary N) is 1. The van der Waals surface area contributed by atoms with Crippen molar-refractivity contribution in [1.29, 1.82) is 0 Å². The number of hydrogen-bond donors (Lipinski definition) is 1. The third kappa shape index (κ3) is 21.7. The van der Waals surface area contributed by atoms with Crippen LogP contribution in [0.25, 0.3) is 23.2 Å². The predicted octanol–water partition coefficient (Wildman–Crippen LogP) is 18.0.